The number of likely N-dealkylation sites (tertiary alicyclic amines) is 1. The molecule has 1 saturated heterocycles. The van der Waals surface area contributed by atoms with E-state index in [0.717, 1.165) is 31.2 Å². The van der Waals surface area contributed by atoms with Crippen molar-refractivity contribution in [2.45, 2.75) is 38.3 Å². The van der Waals surface area contributed by atoms with Gasteiger partial charge in [0, 0.05) is 20.6 Å². The lowest BCUT2D eigenvalue weighted by molar-refractivity contribution is -0.129. The standard InChI is InChI=1S/C19H25N5O2/c1-22(2)18(25)14-23-13-16(20-21-23)19(26)24-12-8-4-7-11-17(24)15-9-5-3-6-10-15/h3,5-6,9-10,13,17H,4,7-8,11-12,14H2,1-2H3. The Hall–Kier alpha value is -2.70. The molecule has 0 saturated carbocycles. The molecule has 1 aromatic heterocycles. The lowest BCUT2D eigenvalue weighted by Crippen LogP contribution is -2.35. The minimum Gasteiger partial charge on any atom is -0.347 e. The lowest BCUT2D eigenvalue weighted by Gasteiger charge is -2.29. The Morgan fingerprint density at radius 3 is 2.65 bits per heavy atom. The summed E-state index contributed by atoms with van der Waals surface area (Å²) < 4.78 is 1.42. The van der Waals surface area contributed by atoms with E-state index in [0.29, 0.717) is 12.2 Å². The summed E-state index contributed by atoms with van der Waals surface area (Å²) in [6.07, 6.45) is 5.73. The molecule has 138 valence electrons. The van der Waals surface area contributed by atoms with Gasteiger partial charge in [-0.15, -0.1) is 5.10 Å². The fraction of sp³-hybridized carbons (Fsp3) is 0.474. The quantitative estimate of drug-likeness (QED) is 0.842. The Morgan fingerprint density at radius 2 is 1.92 bits per heavy atom. The predicted molar refractivity (Wildman–Crippen MR) is 97.4 cm³/mol. The van der Waals surface area contributed by atoms with E-state index in [1.54, 1.807) is 20.3 Å². The fourth-order valence-corrected chi connectivity index (χ4v) is 3.27. The van der Waals surface area contributed by atoms with Crippen molar-refractivity contribution < 1.29 is 9.59 Å². The molecular weight excluding hydrogens is 330 g/mol. The van der Waals surface area contributed by atoms with Crippen molar-refractivity contribution >= 4 is 11.8 Å². The third-order valence-corrected chi connectivity index (χ3v) is 4.75. The smallest absolute Gasteiger partial charge is 0.276 e. The SMILES string of the molecule is CN(C)C(=O)Cn1cc(C(=O)N2CCCCCC2c2ccccc2)nn1. The summed E-state index contributed by atoms with van der Waals surface area (Å²) in [6.45, 7) is 0.789. The van der Waals surface area contributed by atoms with Crippen LogP contribution in [0.5, 0.6) is 0 Å². The molecule has 0 radical (unpaired) electrons. The van der Waals surface area contributed by atoms with Crippen molar-refractivity contribution in [3.05, 3.63) is 47.8 Å². The van der Waals surface area contributed by atoms with Crippen LogP contribution in [0.15, 0.2) is 36.5 Å². The van der Waals surface area contributed by atoms with E-state index in [-0.39, 0.29) is 24.4 Å². The minimum atomic E-state index is -0.121. The van der Waals surface area contributed by atoms with Gasteiger partial charge in [-0.3, -0.25) is 9.59 Å². The Balaban J connectivity index is 1.80. The fourth-order valence-electron chi connectivity index (χ4n) is 3.27. The number of carbonyl (C=O) groups excluding carboxylic acids is 2. The zero-order chi connectivity index (χ0) is 18.5. The van der Waals surface area contributed by atoms with Crippen LogP contribution in [-0.4, -0.2) is 57.2 Å². The molecule has 1 fully saturated rings. The summed E-state index contributed by atoms with van der Waals surface area (Å²) in [6, 6.07) is 10.2. The Morgan fingerprint density at radius 1 is 1.15 bits per heavy atom. The number of amides is 2. The van der Waals surface area contributed by atoms with E-state index in [1.807, 2.05) is 23.1 Å². The molecule has 1 aliphatic rings. The second-order valence-electron chi connectivity index (χ2n) is 6.86. The molecular formula is C19H25N5O2. The zero-order valence-electron chi connectivity index (χ0n) is 15.3. The molecule has 0 aliphatic carbocycles. The molecule has 26 heavy (non-hydrogen) atoms. The molecule has 0 N–H and O–H groups in total. The Kier molecular flexibility index (Phi) is 5.65. The molecule has 1 aromatic carbocycles. The van der Waals surface area contributed by atoms with Crippen LogP contribution >= 0.6 is 0 Å². The highest BCUT2D eigenvalue weighted by Crippen LogP contribution is 2.30. The molecule has 2 aromatic rings. The third-order valence-electron chi connectivity index (χ3n) is 4.75. The van der Waals surface area contributed by atoms with Gasteiger partial charge in [0.15, 0.2) is 5.69 Å². The normalized spacial score (nSPS) is 17.6. The van der Waals surface area contributed by atoms with Crippen molar-refractivity contribution in [1.82, 2.24) is 24.8 Å². The first kappa shape index (κ1) is 18.1. The first-order valence-electron chi connectivity index (χ1n) is 9.02. The van der Waals surface area contributed by atoms with Crippen LogP contribution in [0.3, 0.4) is 0 Å². The van der Waals surface area contributed by atoms with Crippen LogP contribution in [0.1, 0.15) is 47.8 Å². The maximum Gasteiger partial charge on any atom is 0.276 e. The second kappa shape index (κ2) is 8.12. The average Bonchev–Trinajstić information content (AvgIpc) is 2.97. The van der Waals surface area contributed by atoms with E-state index in [9.17, 15) is 9.59 Å². The third kappa shape index (κ3) is 4.09. The van der Waals surface area contributed by atoms with E-state index >= 15 is 0 Å². The highest BCUT2D eigenvalue weighted by molar-refractivity contribution is 5.92. The molecule has 2 amide bonds. The number of rotatable bonds is 4. The molecule has 7 nitrogen and oxygen atoms in total. The number of hydrogen-bond donors (Lipinski definition) is 0. The maximum atomic E-state index is 13.1. The van der Waals surface area contributed by atoms with Gasteiger partial charge in [-0.05, 0) is 18.4 Å². The Bertz CT molecular complexity index is 756. The summed E-state index contributed by atoms with van der Waals surface area (Å²) in [5.74, 6) is -0.213. The van der Waals surface area contributed by atoms with E-state index in [4.69, 9.17) is 0 Å². The van der Waals surface area contributed by atoms with Gasteiger partial charge in [0.25, 0.3) is 5.91 Å². The van der Waals surface area contributed by atoms with Crippen LogP contribution in [0.2, 0.25) is 0 Å². The highest BCUT2D eigenvalue weighted by Gasteiger charge is 2.29. The second-order valence-corrected chi connectivity index (χ2v) is 6.86. The van der Waals surface area contributed by atoms with Crippen LogP contribution in [0.4, 0.5) is 0 Å². The van der Waals surface area contributed by atoms with Gasteiger partial charge in [-0.25, -0.2) is 4.68 Å². The molecule has 1 unspecified atom stereocenters. The molecule has 1 atom stereocenters. The number of benzene rings is 1. The van der Waals surface area contributed by atoms with Crippen LogP contribution in [-0.2, 0) is 11.3 Å². The number of aromatic nitrogens is 3. The maximum absolute atomic E-state index is 13.1. The monoisotopic (exact) mass is 355 g/mol. The number of nitrogens with zero attached hydrogens (tertiary/aromatic N) is 5. The van der Waals surface area contributed by atoms with E-state index in [2.05, 4.69) is 22.4 Å². The number of likely N-dealkylation sites (N-methyl/N-ethyl adjacent to an activating group) is 1. The largest absolute Gasteiger partial charge is 0.347 e. The van der Waals surface area contributed by atoms with Crippen LogP contribution in [0, 0.1) is 0 Å². The van der Waals surface area contributed by atoms with E-state index < -0.39 is 0 Å². The van der Waals surface area contributed by atoms with Crippen LogP contribution < -0.4 is 0 Å². The molecule has 1 aliphatic heterocycles. The molecule has 7 heteroatoms. The van der Waals surface area contributed by atoms with Crippen molar-refractivity contribution in [3.8, 4) is 0 Å². The van der Waals surface area contributed by atoms with Gasteiger partial charge in [-0.2, -0.15) is 0 Å². The van der Waals surface area contributed by atoms with Crippen molar-refractivity contribution in [3.63, 3.8) is 0 Å². The lowest BCUT2D eigenvalue weighted by atomic mass is 10.0. The van der Waals surface area contributed by atoms with Crippen molar-refractivity contribution in [2.24, 2.45) is 0 Å². The minimum absolute atomic E-state index is 0.0553. The topological polar surface area (TPSA) is 71.3 Å². The predicted octanol–water partition coefficient (Wildman–Crippen LogP) is 2.12. The molecule has 0 spiro atoms. The molecule has 2 heterocycles. The van der Waals surface area contributed by atoms with E-state index in [1.165, 1.54) is 9.58 Å². The summed E-state index contributed by atoms with van der Waals surface area (Å²) in [5, 5.41) is 7.96. The van der Waals surface area contributed by atoms with Crippen molar-refractivity contribution in [2.75, 3.05) is 20.6 Å². The van der Waals surface area contributed by atoms with Crippen molar-refractivity contribution in [1.29, 1.82) is 0 Å². The summed E-state index contributed by atoms with van der Waals surface area (Å²) in [7, 11) is 3.38. The highest BCUT2D eigenvalue weighted by atomic mass is 16.2. The first-order valence-corrected chi connectivity index (χ1v) is 9.02. The zero-order valence-corrected chi connectivity index (χ0v) is 15.3. The number of hydrogen-bond acceptors (Lipinski definition) is 4. The summed E-state index contributed by atoms with van der Waals surface area (Å²) in [4.78, 5) is 28.3. The first-order chi connectivity index (χ1) is 12.6. The van der Waals surface area contributed by atoms with Gasteiger partial charge in [-0.1, -0.05) is 48.4 Å². The molecule has 3 rings (SSSR count). The van der Waals surface area contributed by atoms with Gasteiger partial charge < -0.3 is 9.80 Å². The van der Waals surface area contributed by atoms with Gasteiger partial charge in [0.2, 0.25) is 5.91 Å². The summed E-state index contributed by atoms with van der Waals surface area (Å²) in [5.41, 5.74) is 1.44. The average molecular weight is 355 g/mol. The van der Waals surface area contributed by atoms with Crippen LogP contribution in [0.25, 0.3) is 0 Å². The van der Waals surface area contributed by atoms with Gasteiger partial charge >= 0.3 is 0 Å². The van der Waals surface area contributed by atoms with Gasteiger partial charge in [0.1, 0.15) is 6.54 Å². The van der Waals surface area contributed by atoms with Gasteiger partial charge in [0.05, 0.1) is 12.2 Å². The number of carbonyl (C=O) groups is 2. The Labute approximate surface area is 153 Å². The summed E-state index contributed by atoms with van der Waals surface area (Å²) >= 11 is 0. The molecule has 0 bridgehead atoms.